The van der Waals surface area contributed by atoms with Gasteiger partial charge in [-0.3, -0.25) is 14.9 Å². The van der Waals surface area contributed by atoms with Crippen LogP contribution in [-0.2, 0) is 4.79 Å². The van der Waals surface area contributed by atoms with Crippen molar-refractivity contribution in [1.29, 1.82) is 0 Å². The quantitative estimate of drug-likeness (QED) is 0.467. The number of piperazine rings is 1. The third kappa shape index (κ3) is 4.71. The molecule has 0 aromatic heterocycles. The highest BCUT2D eigenvalue weighted by Crippen LogP contribution is 2.15. The number of benzene rings is 1. The van der Waals surface area contributed by atoms with Crippen LogP contribution in [0.1, 0.15) is 12.8 Å². The zero-order valence-electron chi connectivity index (χ0n) is 11.9. The lowest BCUT2D eigenvalue weighted by atomic mass is 10.2. The van der Waals surface area contributed by atoms with Crippen LogP contribution < -0.4 is 10.6 Å². The lowest BCUT2D eigenvalue weighted by Crippen LogP contribution is -2.46. The average Bonchev–Trinajstić information content (AvgIpc) is 2.52. The molecule has 0 bridgehead atoms. The van der Waals surface area contributed by atoms with Crippen molar-refractivity contribution in [3.8, 4) is 0 Å². The number of carbonyl (C=O) groups excluding carboxylic acids is 1. The summed E-state index contributed by atoms with van der Waals surface area (Å²) < 4.78 is 0. The molecule has 114 valence electrons. The SMILES string of the molecule is O=C(CCCNc1ccc([N+](=O)[O-])cc1)N1CCNCC1. The van der Waals surface area contributed by atoms with E-state index in [9.17, 15) is 14.9 Å². The summed E-state index contributed by atoms with van der Waals surface area (Å²) in [6.07, 6.45) is 1.28. The highest BCUT2D eigenvalue weighted by atomic mass is 16.6. The third-order valence-electron chi connectivity index (χ3n) is 3.44. The van der Waals surface area contributed by atoms with Crippen molar-refractivity contribution in [1.82, 2.24) is 10.2 Å². The standard InChI is InChI=1S/C14H20N4O3/c19-14(17-10-8-15-9-11-17)2-1-7-16-12-3-5-13(6-4-12)18(20)21/h3-6,15-16H,1-2,7-11H2. The summed E-state index contributed by atoms with van der Waals surface area (Å²) in [4.78, 5) is 23.9. The summed E-state index contributed by atoms with van der Waals surface area (Å²) in [5.74, 6) is 0.196. The van der Waals surface area contributed by atoms with E-state index in [4.69, 9.17) is 0 Å². The Labute approximate surface area is 123 Å². The Bertz CT molecular complexity index is 483. The Morgan fingerprint density at radius 3 is 2.57 bits per heavy atom. The predicted octanol–water partition coefficient (Wildman–Crippen LogP) is 1.22. The number of nitrogens with zero attached hydrogens (tertiary/aromatic N) is 2. The fourth-order valence-corrected chi connectivity index (χ4v) is 2.25. The van der Waals surface area contributed by atoms with E-state index in [1.165, 1.54) is 12.1 Å². The summed E-state index contributed by atoms with van der Waals surface area (Å²) in [6.45, 7) is 3.98. The Kier molecular flexibility index (Phi) is 5.51. The minimum Gasteiger partial charge on any atom is -0.385 e. The van der Waals surface area contributed by atoms with E-state index in [-0.39, 0.29) is 11.6 Å². The zero-order chi connectivity index (χ0) is 15.1. The number of nitro benzene ring substituents is 1. The molecule has 1 fully saturated rings. The third-order valence-corrected chi connectivity index (χ3v) is 3.44. The minimum absolute atomic E-state index is 0.0782. The minimum atomic E-state index is -0.421. The van der Waals surface area contributed by atoms with E-state index in [1.54, 1.807) is 12.1 Å². The Morgan fingerprint density at radius 2 is 1.95 bits per heavy atom. The monoisotopic (exact) mass is 292 g/mol. The largest absolute Gasteiger partial charge is 0.385 e. The van der Waals surface area contributed by atoms with Crippen molar-refractivity contribution < 1.29 is 9.72 Å². The maximum atomic E-state index is 11.9. The van der Waals surface area contributed by atoms with Crippen molar-refractivity contribution >= 4 is 17.3 Å². The van der Waals surface area contributed by atoms with E-state index in [0.717, 1.165) is 38.3 Å². The van der Waals surface area contributed by atoms with Gasteiger partial charge in [0.2, 0.25) is 5.91 Å². The van der Waals surface area contributed by atoms with Gasteiger partial charge >= 0.3 is 0 Å². The van der Waals surface area contributed by atoms with Crippen LogP contribution in [0.3, 0.4) is 0 Å². The van der Waals surface area contributed by atoms with Crippen LogP contribution in [-0.4, -0.2) is 48.5 Å². The molecule has 0 unspecified atom stereocenters. The normalized spacial score (nSPS) is 14.8. The van der Waals surface area contributed by atoms with E-state index in [2.05, 4.69) is 10.6 Å². The van der Waals surface area contributed by atoms with Crippen molar-refractivity contribution in [2.45, 2.75) is 12.8 Å². The van der Waals surface area contributed by atoms with Crippen molar-refractivity contribution in [3.63, 3.8) is 0 Å². The first-order chi connectivity index (χ1) is 10.2. The molecular weight excluding hydrogens is 272 g/mol. The van der Waals surface area contributed by atoms with Crippen molar-refractivity contribution in [2.75, 3.05) is 38.0 Å². The highest BCUT2D eigenvalue weighted by molar-refractivity contribution is 5.76. The fourth-order valence-electron chi connectivity index (χ4n) is 2.25. The summed E-state index contributed by atoms with van der Waals surface area (Å²) in [7, 11) is 0. The Hall–Kier alpha value is -2.15. The summed E-state index contributed by atoms with van der Waals surface area (Å²) >= 11 is 0. The lowest BCUT2D eigenvalue weighted by Gasteiger charge is -2.27. The smallest absolute Gasteiger partial charge is 0.269 e. The number of carbonyl (C=O) groups is 1. The van der Waals surface area contributed by atoms with Gasteiger partial charge in [0.05, 0.1) is 4.92 Å². The van der Waals surface area contributed by atoms with E-state index < -0.39 is 4.92 Å². The lowest BCUT2D eigenvalue weighted by molar-refractivity contribution is -0.384. The molecular formula is C14H20N4O3. The van der Waals surface area contributed by atoms with Crippen LogP contribution >= 0.6 is 0 Å². The molecule has 0 saturated carbocycles. The molecule has 1 saturated heterocycles. The maximum Gasteiger partial charge on any atom is 0.269 e. The van der Waals surface area contributed by atoms with Crippen LogP contribution in [0, 0.1) is 10.1 Å². The Balaban J connectivity index is 1.67. The molecule has 21 heavy (non-hydrogen) atoms. The molecule has 2 rings (SSSR count). The summed E-state index contributed by atoms with van der Waals surface area (Å²) in [6, 6.07) is 6.29. The molecule has 7 nitrogen and oxygen atoms in total. The van der Waals surface area contributed by atoms with Gasteiger partial charge in [-0.25, -0.2) is 0 Å². The maximum absolute atomic E-state index is 11.9. The first-order valence-electron chi connectivity index (χ1n) is 7.13. The molecule has 0 aliphatic carbocycles. The number of nitrogens with one attached hydrogen (secondary N) is 2. The molecule has 1 aliphatic heterocycles. The number of non-ortho nitro benzene ring substituents is 1. The van der Waals surface area contributed by atoms with Crippen LogP contribution in [0.4, 0.5) is 11.4 Å². The molecule has 1 aliphatic rings. The van der Waals surface area contributed by atoms with Gasteiger partial charge in [0.15, 0.2) is 0 Å². The molecule has 1 aromatic rings. The molecule has 0 atom stereocenters. The van der Waals surface area contributed by atoms with E-state index >= 15 is 0 Å². The second-order valence-corrected chi connectivity index (χ2v) is 4.97. The summed E-state index contributed by atoms with van der Waals surface area (Å²) in [5.41, 5.74) is 0.907. The van der Waals surface area contributed by atoms with Gasteiger partial charge in [0, 0.05) is 57.0 Å². The second-order valence-electron chi connectivity index (χ2n) is 4.97. The number of amides is 1. The molecule has 7 heteroatoms. The van der Waals surface area contributed by atoms with Crippen LogP contribution in [0.15, 0.2) is 24.3 Å². The Morgan fingerprint density at radius 1 is 1.29 bits per heavy atom. The van der Waals surface area contributed by atoms with Gasteiger partial charge in [-0.15, -0.1) is 0 Å². The van der Waals surface area contributed by atoms with Gasteiger partial charge in [-0.1, -0.05) is 0 Å². The summed E-state index contributed by atoms with van der Waals surface area (Å²) in [5, 5.41) is 16.9. The number of rotatable bonds is 6. The first-order valence-corrected chi connectivity index (χ1v) is 7.13. The van der Waals surface area contributed by atoms with Gasteiger partial charge < -0.3 is 15.5 Å². The van der Waals surface area contributed by atoms with Crippen molar-refractivity contribution in [3.05, 3.63) is 34.4 Å². The second kappa shape index (κ2) is 7.58. The molecule has 2 N–H and O–H groups in total. The molecule has 0 spiro atoms. The van der Waals surface area contributed by atoms with Gasteiger partial charge in [0.25, 0.3) is 5.69 Å². The van der Waals surface area contributed by atoms with Gasteiger partial charge in [0.1, 0.15) is 0 Å². The predicted molar refractivity (Wildman–Crippen MR) is 80.3 cm³/mol. The number of hydrogen-bond donors (Lipinski definition) is 2. The molecule has 1 aromatic carbocycles. The topological polar surface area (TPSA) is 87.5 Å². The number of hydrogen-bond acceptors (Lipinski definition) is 5. The van der Waals surface area contributed by atoms with Crippen LogP contribution in [0.2, 0.25) is 0 Å². The average molecular weight is 292 g/mol. The van der Waals surface area contributed by atoms with E-state index in [1.807, 2.05) is 4.90 Å². The molecule has 1 heterocycles. The zero-order valence-corrected chi connectivity index (χ0v) is 11.9. The number of nitro groups is 1. The van der Waals surface area contributed by atoms with Crippen molar-refractivity contribution in [2.24, 2.45) is 0 Å². The van der Waals surface area contributed by atoms with Gasteiger partial charge in [-0.05, 0) is 18.6 Å². The van der Waals surface area contributed by atoms with Crippen LogP contribution in [0.5, 0.6) is 0 Å². The molecule has 0 radical (unpaired) electrons. The fraction of sp³-hybridized carbons (Fsp3) is 0.500. The molecule has 1 amide bonds. The van der Waals surface area contributed by atoms with Crippen LogP contribution in [0.25, 0.3) is 0 Å². The first kappa shape index (κ1) is 15.2. The highest BCUT2D eigenvalue weighted by Gasteiger charge is 2.15. The number of anilines is 1. The van der Waals surface area contributed by atoms with E-state index in [0.29, 0.717) is 13.0 Å². The van der Waals surface area contributed by atoms with Gasteiger partial charge in [-0.2, -0.15) is 0 Å².